The Hall–Kier alpha value is -1.09. The molecule has 64 valence electrons. The van der Waals surface area contributed by atoms with Crippen molar-refractivity contribution in [2.45, 2.75) is 6.04 Å². The molecule has 0 radical (unpaired) electrons. The zero-order valence-electron chi connectivity index (χ0n) is 6.80. The molecule has 0 spiro atoms. The quantitative estimate of drug-likeness (QED) is 0.684. The second-order valence-corrected chi connectivity index (χ2v) is 2.83. The van der Waals surface area contributed by atoms with Crippen LogP contribution < -0.4 is 10.1 Å². The summed E-state index contributed by atoms with van der Waals surface area (Å²) in [7, 11) is 1.87. The van der Waals surface area contributed by atoms with Crippen LogP contribution in [0.1, 0.15) is 11.6 Å². The van der Waals surface area contributed by atoms with Gasteiger partial charge in [0.15, 0.2) is 0 Å². The van der Waals surface area contributed by atoms with E-state index in [1.165, 1.54) is 12.1 Å². The number of halogens is 1. The summed E-state index contributed by atoms with van der Waals surface area (Å²) in [5, 5.41) is 3.09. The average Bonchev–Trinajstić information content (AvgIpc) is 2.46. The molecule has 1 aliphatic heterocycles. The minimum Gasteiger partial charge on any atom is -0.491 e. The van der Waals surface area contributed by atoms with Gasteiger partial charge in [-0.3, -0.25) is 0 Å². The minimum atomic E-state index is -0.245. The van der Waals surface area contributed by atoms with Gasteiger partial charge in [0.1, 0.15) is 18.2 Å². The van der Waals surface area contributed by atoms with E-state index in [0.29, 0.717) is 12.4 Å². The van der Waals surface area contributed by atoms with Crippen LogP contribution in [-0.4, -0.2) is 13.7 Å². The fraction of sp³-hybridized carbons (Fsp3) is 0.333. The Labute approximate surface area is 70.3 Å². The van der Waals surface area contributed by atoms with E-state index in [9.17, 15) is 4.39 Å². The number of ether oxygens (including phenoxy) is 1. The van der Waals surface area contributed by atoms with Crippen molar-refractivity contribution in [3.05, 3.63) is 29.6 Å². The molecule has 0 saturated carbocycles. The Morgan fingerprint density at radius 2 is 2.42 bits per heavy atom. The van der Waals surface area contributed by atoms with Gasteiger partial charge in [-0.05, 0) is 13.1 Å². The Bertz CT molecular complexity index is 301. The molecular formula is C9H10FNO. The summed E-state index contributed by atoms with van der Waals surface area (Å²) in [6.45, 7) is 0.593. The van der Waals surface area contributed by atoms with Gasteiger partial charge in [-0.15, -0.1) is 0 Å². The summed E-state index contributed by atoms with van der Waals surface area (Å²) in [5.41, 5.74) is 1.04. The standard InChI is InChI=1S/C9H10FNO/c1-11-8-5-12-9-4-6(10)2-3-7(8)9/h2-4,8,11H,5H2,1H3/t8-/m1/s1. The van der Waals surface area contributed by atoms with Crippen molar-refractivity contribution in [1.29, 1.82) is 0 Å². The zero-order valence-corrected chi connectivity index (χ0v) is 6.80. The van der Waals surface area contributed by atoms with Gasteiger partial charge in [0.25, 0.3) is 0 Å². The number of likely N-dealkylation sites (N-methyl/N-ethyl adjacent to an activating group) is 1. The van der Waals surface area contributed by atoms with Gasteiger partial charge in [-0.2, -0.15) is 0 Å². The minimum absolute atomic E-state index is 0.209. The maximum absolute atomic E-state index is 12.7. The molecule has 1 aromatic rings. The highest BCUT2D eigenvalue weighted by molar-refractivity contribution is 5.39. The predicted octanol–water partition coefficient (Wildman–Crippen LogP) is 1.48. The number of fused-ring (bicyclic) bond motifs is 1. The first-order valence-electron chi connectivity index (χ1n) is 3.91. The molecule has 1 aromatic carbocycles. The molecular weight excluding hydrogens is 157 g/mol. The van der Waals surface area contributed by atoms with Crippen LogP contribution in [0.2, 0.25) is 0 Å². The van der Waals surface area contributed by atoms with Gasteiger partial charge >= 0.3 is 0 Å². The topological polar surface area (TPSA) is 21.3 Å². The van der Waals surface area contributed by atoms with E-state index in [2.05, 4.69) is 5.32 Å². The highest BCUT2D eigenvalue weighted by Gasteiger charge is 2.22. The van der Waals surface area contributed by atoms with Crippen LogP contribution in [0.15, 0.2) is 18.2 Å². The van der Waals surface area contributed by atoms with Crippen LogP contribution >= 0.6 is 0 Å². The van der Waals surface area contributed by atoms with Gasteiger partial charge in [-0.1, -0.05) is 6.07 Å². The van der Waals surface area contributed by atoms with E-state index < -0.39 is 0 Å². The molecule has 1 heterocycles. The highest BCUT2D eigenvalue weighted by Crippen LogP contribution is 2.32. The van der Waals surface area contributed by atoms with Crippen molar-refractivity contribution in [2.75, 3.05) is 13.7 Å². The molecule has 3 heteroatoms. The molecule has 0 saturated heterocycles. The summed E-state index contributed by atoms with van der Waals surface area (Å²) in [6.07, 6.45) is 0. The van der Waals surface area contributed by atoms with Crippen molar-refractivity contribution >= 4 is 0 Å². The second kappa shape index (κ2) is 2.75. The third-order valence-electron chi connectivity index (χ3n) is 2.10. The van der Waals surface area contributed by atoms with Gasteiger partial charge in [0.2, 0.25) is 0 Å². The summed E-state index contributed by atoms with van der Waals surface area (Å²) in [6, 6.07) is 4.85. The van der Waals surface area contributed by atoms with Crippen LogP contribution in [0.5, 0.6) is 5.75 Å². The summed E-state index contributed by atoms with van der Waals surface area (Å²) in [5.74, 6) is 0.417. The Morgan fingerprint density at radius 3 is 3.17 bits per heavy atom. The molecule has 1 aliphatic rings. The lowest BCUT2D eigenvalue weighted by Crippen LogP contribution is -2.17. The van der Waals surface area contributed by atoms with Crippen molar-refractivity contribution in [3.63, 3.8) is 0 Å². The zero-order chi connectivity index (χ0) is 8.55. The fourth-order valence-electron chi connectivity index (χ4n) is 1.42. The average molecular weight is 167 g/mol. The first-order chi connectivity index (χ1) is 5.81. The van der Waals surface area contributed by atoms with E-state index in [-0.39, 0.29) is 11.9 Å². The first-order valence-corrected chi connectivity index (χ1v) is 3.91. The van der Waals surface area contributed by atoms with Gasteiger partial charge in [0, 0.05) is 11.6 Å². The third-order valence-corrected chi connectivity index (χ3v) is 2.10. The van der Waals surface area contributed by atoms with E-state index in [1.54, 1.807) is 6.07 Å². The van der Waals surface area contributed by atoms with Crippen LogP contribution in [0.25, 0.3) is 0 Å². The van der Waals surface area contributed by atoms with Crippen molar-refractivity contribution in [2.24, 2.45) is 0 Å². The smallest absolute Gasteiger partial charge is 0.127 e. The van der Waals surface area contributed by atoms with Crippen molar-refractivity contribution in [1.82, 2.24) is 5.32 Å². The van der Waals surface area contributed by atoms with Crippen LogP contribution in [0, 0.1) is 5.82 Å². The van der Waals surface area contributed by atoms with E-state index >= 15 is 0 Å². The SMILES string of the molecule is CN[C@@H]1COc2cc(F)ccc21. The Kier molecular flexibility index (Phi) is 1.73. The van der Waals surface area contributed by atoms with Gasteiger partial charge < -0.3 is 10.1 Å². The molecule has 1 atom stereocenters. The summed E-state index contributed by atoms with van der Waals surface area (Å²) >= 11 is 0. The molecule has 0 bridgehead atoms. The van der Waals surface area contributed by atoms with E-state index in [4.69, 9.17) is 4.74 Å². The molecule has 0 aliphatic carbocycles. The molecule has 0 unspecified atom stereocenters. The lowest BCUT2D eigenvalue weighted by atomic mass is 10.1. The molecule has 0 fully saturated rings. The molecule has 2 nitrogen and oxygen atoms in total. The number of rotatable bonds is 1. The monoisotopic (exact) mass is 167 g/mol. The number of hydrogen-bond donors (Lipinski definition) is 1. The molecule has 1 N–H and O–H groups in total. The molecule has 12 heavy (non-hydrogen) atoms. The lowest BCUT2D eigenvalue weighted by Gasteiger charge is -2.04. The van der Waals surface area contributed by atoms with E-state index in [0.717, 1.165) is 5.56 Å². The second-order valence-electron chi connectivity index (χ2n) is 2.83. The van der Waals surface area contributed by atoms with Crippen molar-refractivity contribution < 1.29 is 9.13 Å². The maximum atomic E-state index is 12.7. The van der Waals surface area contributed by atoms with Gasteiger partial charge in [-0.25, -0.2) is 4.39 Å². The summed E-state index contributed by atoms with van der Waals surface area (Å²) in [4.78, 5) is 0. The number of hydrogen-bond acceptors (Lipinski definition) is 2. The Morgan fingerprint density at radius 1 is 1.58 bits per heavy atom. The van der Waals surface area contributed by atoms with Gasteiger partial charge in [0.05, 0.1) is 6.04 Å². The van der Waals surface area contributed by atoms with Crippen LogP contribution in [0.3, 0.4) is 0 Å². The summed E-state index contributed by atoms with van der Waals surface area (Å²) < 4.78 is 18.0. The van der Waals surface area contributed by atoms with Crippen LogP contribution in [-0.2, 0) is 0 Å². The first kappa shape index (κ1) is 7.55. The van der Waals surface area contributed by atoms with Crippen LogP contribution in [0.4, 0.5) is 4.39 Å². The normalized spacial score (nSPS) is 20.3. The largest absolute Gasteiger partial charge is 0.491 e. The fourth-order valence-corrected chi connectivity index (χ4v) is 1.42. The molecule has 0 amide bonds. The predicted molar refractivity (Wildman–Crippen MR) is 43.7 cm³/mol. The van der Waals surface area contributed by atoms with Crippen molar-refractivity contribution in [3.8, 4) is 5.75 Å². The highest BCUT2D eigenvalue weighted by atomic mass is 19.1. The Balaban J connectivity index is 2.40. The molecule has 0 aromatic heterocycles. The number of nitrogens with one attached hydrogen (secondary N) is 1. The third kappa shape index (κ3) is 1.06. The maximum Gasteiger partial charge on any atom is 0.127 e. The van der Waals surface area contributed by atoms with E-state index in [1.807, 2.05) is 7.05 Å². The lowest BCUT2D eigenvalue weighted by molar-refractivity contribution is 0.317. The molecule has 2 rings (SSSR count). The number of benzene rings is 1.